The molecular weight excluding hydrogens is 613 g/mol. The van der Waals surface area contributed by atoms with Crippen LogP contribution in [0.5, 0.6) is 11.5 Å². The van der Waals surface area contributed by atoms with Gasteiger partial charge in [-0.2, -0.15) is 9.98 Å². The van der Waals surface area contributed by atoms with Crippen molar-refractivity contribution < 1.29 is 32.9 Å². The monoisotopic (exact) mass is 648 g/mol. The molecule has 0 aliphatic carbocycles. The maximum atomic E-state index is 13.0. The van der Waals surface area contributed by atoms with Crippen LogP contribution >= 0.6 is 8.25 Å². The van der Waals surface area contributed by atoms with E-state index >= 15 is 0 Å². The summed E-state index contributed by atoms with van der Waals surface area (Å²) in [6.07, 6.45) is -1.05. The van der Waals surface area contributed by atoms with E-state index in [9.17, 15) is 14.3 Å². The second-order valence-electron chi connectivity index (χ2n) is 10.5. The Bertz CT molecular complexity index is 1700. The number of nitrogens with two attached hydrogens (primary N) is 2. The minimum Gasteiger partial charge on any atom is -0.497 e. The summed E-state index contributed by atoms with van der Waals surface area (Å²) >= 11 is 0. The lowest BCUT2D eigenvalue weighted by Gasteiger charge is -2.37. The normalized spacial score (nSPS) is 18.2. The number of aromatic nitrogens is 2. The Hall–Kier alpha value is -4.65. The molecule has 1 fully saturated rings. The maximum absolute atomic E-state index is 13.0. The molecule has 1 aliphatic rings. The Kier molecular flexibility index (Phi) is 10.1. The van der Waals surface area contributed by atoms with Crippen molar-refractivity contribution in [3.63, 3.8) is 0 Å². The average Bonchev–Trinajstić information content (AvgIpc) is 3.45. The summed E-state index contributed by atoms with van der Waals surface area (Å²) in [5.41, 5.74) is 12.0. The minimum atomic E-state index is -3.00. The molecule has 0 spiro atoms. The van der Waals surface area contributed by atoms with E-state index in [1.165, 1.54) is 10.8 Å². The zero-order chi connectivity index (χ0) is 32.8. The minimum absolute atomic E-state index is 0.0712. The number of nitrogens with zero attached hydrogens (tertiary/aromatic N) is 3. The Morgan fingerprint density at radius 1 is 1.00 bits per heavy atom. The van der Waals surface area contributed by atoms with Gasteiger partial charge in [-0.25, -0.2) is 4.79 Å². The van der Waals surface area contributed by atoms with Gasteiger partial charge in [0.05, 0.1) is 20.8 Å². The third-order valence-corrected chi connectivity index (χ3v) is 8.15. The van der Waals surface area contributed by atoms with Crippen LogP contribution in [0.15, 0.2) is 94.8 Å². The number of ether oxygens (including phenoxy) is 4. The van der Waals surface area contributed by atoms with Crippen LogP contribution in [0.4, 0.5) is 5.82 Å². The molecular formula is C32H35N5O8P+. The van der Waals surface area contributed by atoms with Crippen LogP contribution < -0.4 is 26.6 Å². The van der Waals surface area contributed by atoms with Crippen molar-refractivity contribution in [3.05, 3.63) is 118 Å². The fourth-order valence-electron chi connectivity index (χ4n) is 5.53. The predicted octanol–water partition coefficient (Wildman–Crippen LogP) is 3.80. The van der Waals surface area contributed by atoms with Crippen molar-refractivity contribution in [2.45, 2.75) is 37.4 Å². The highest BCUT2D eigenvalue weighted by atomic mass is 31.1. The van der Waals surface area contributed by atoms with Crippen LogP contribution in [0.25, 0.3) is 0 Å². The molecule has 5 N–H and O–H groups in total. The summed E-state index contributed by atoms with van der Waals surface area (Å²) < 4.78 is 42.6. The molecule has 0 saturated carbocycles. The van der Waals surface area contributed by atoms with Gasteiger partial charge in [-0.15, -0.1) is 9.42 Å². The van der Waals surface area contributed by atoms with Crippen LogP contribution in [0.3, 0.4) is 0 Å². The van der Waals surface area contributed by atoms with Crippen molar-refractivity contribution in [2.24, 2.45) is 16.5 Å². The molecule has 1 unspecified atom stereocenters. The molecule has 13 nitrogen and oxygen atoms in total. The fraction of sp³-hybridized carbons (Fsp3) is 0.281. The second-order valence-corrected chi connectivity index (χ2v) is 11.2. The predicted molar refractivity (Wildman–Crippen MR) is 170 cm³/mol. The van der Waals surface area contributed by atoms with Crippen LogP contribution in [0, 0.1) is 6.92 Å². The maximum Gasteiger partial charge on any atom is 0.695 e. The number of benzene rings is 3. The molecule has 0 radical (unpaired) electrons. The highest BCUT2D eigenvalue weighted by molar-refractivity contribution is 7.32. The van der Waals surface area contributed by atoms with Crippen LogP contribution in [0.1, 0.15) is 34.9 Å². The molecule has 0 bridgehead atoms. The summed E-state index contributed by atoms with van der Waals surface area (Å²) in [5.74, 6) is 1.18. The van der Waals surface area contributed by atoms with E-state index in [4.69, 9.17) is 34.9 Å². The third kappa shape index (κ3) is 6.94. The van der Waals surface area contributed by atoms with Gasteiger partial charge in [-0.3, -0.25) is 4.57 Å². The Morgan fingerprint density at radius 2 is 1.57 bits per heavy atom. The number of aliphatic imine (C=N–C) groups is 1. The topological polar surface area (TPSA) is 183 Å². The summed E-state index contributed by atoms with van der Waals surface area (Å²) in [6.45, 7) is 1.60. The zero-order valence-corrected chi connectivity index (χ0v) is 26.4. The number of hydrogen-bond donors (Lipinski definition) is 3. The fourth-order valence-corrected chi connectivity index (χ4v) is 5.98. The number of rotatable bonds is 12. The summed E-state index contributed by atoms with van der Waals surface area (Å²) in [6, 6.07) is 24.7. The van der Waals surface area contributed by atoms with Crippen molar-refractivity contribution >= 4 is 20.0 Å². The van der Waals surface area contributed by atoms with E-state index in [1.807, 2.05) is 78.9 Å². The lowest BCUT2D eigenvalue weighted by Crippen LogP contribution is -2.38. The molecule has 3 aromatic carbocycles. The Labute approximate surface area is 266 Å². The second kappa shape index (κ2) is 14.2. The van der Waals surface area contributed by atoms with Gasteiger partial charge in [-0.05, 0) is 47.9 Å². The molecule has 2 heterocycles. The smallest absolute Gasteiger partial charge is 0.497 e. The van der Waals surface area contributed by atoms with Gasteiger partial charge in [0.15, 0.2) is 11.8 Å². The van der Waals surface area contributed by atoms with Crippen molar-refractivity contribution in [1.82, 2.24) is 9.55 Å². The van der Waals surface area contributed by atoms with Crippen molar-refractivity contribution in [2.75, 3.05) is 20.8 Å². The largest absolute Gasteiger partial charge is 0.695 e. The zero-order valence-electron chi connectivity index (χ0n) is 25.5. The number of hydrogen-bond acceptors (Lipinski definition) is 9. The van der Waals surface area contributed by atoms with E-state index in [-0.39, 0.29) is 24.8 Å². The molecule has 14 heteroatoms. The SMILES string of the molecule is COc1ccc(C(OC[C@H]2O[C@@H](n3cc(C)c(N=C(N)N)nc3=O)C[C@@H]2O[P+](=O)O)(c2ccccc2)c2ccc(OC)cc2)cc1. The standard InChI is InChI=1S/C32H34N5O8P/c1-20-18-37(31(38)36-29(20)35-30(33)34)28-17-26(45-46(39)40)27(44-28)19-43-32(21-7-5-4-6-8-21,22-9-13-24(41-2)14-10-22)23-11-15-25(42-3)16-12-23/h4-16,18,26-28H,17,19H2,1-3H3,(H4-,33,34,35,36,38,39,40)/p+1/t26-,27+,28+/m0/s1. The first-order chi connectivity index (χ1) is 22.1. The molecule has 4 atom stereocenters. The van der Waals surface area contributed by atoms with E-state index in [2.05, 4.69) is 9.98 Å². The van der Waals surface area contributed by atoms with Crippen molar-refractivity contribution in [3.8, 4) is 11.5 Å². The van der Waals surface area contributed by atoms with Crippen LogP contribution in [-0.4, -0.2) is 53.4 Å². The Balaban J connectivity index is 1.55. The summed E-state index contributed by atoms with van der Waals surface area (Å²) in [5, 5.41) is 0. The van der Waals surface area contributed by atoms with Crippen molar-refractivity contribution in [1.29, 1.82) is 0 Å². The lowest BCUT2D eigenvalue weighted by molar-refractivity contribution is -0.0917. The van der Waals surface area contributed by atoms with Gasteiger partial charge in [0.1, 0.15) is 35.5 Å². The molecule has 0 amide bonds. The molecule has 240 valence electrons. The summed E-state index contributed by atoms with van der Waals surface area (Å²) in [7, 11) is 0.188. The first kappa shape index (κ1) is 32.7. The Morgan fingerprint density at radius 3 is 2.09 bits per heavy atom. The van der Waals surface area contributed by atoms with E-state index < -0.39 is 38.0 Å². The van der Waals surface area contributed by atoms with E-state index in [1.54, 1.807) is 21.1 Å². The number of guanidine groups is 1. The van der Waals surface area contributed by atoms with E-state index in [0.717, 1.165) is 16.7 Å². The number of aryl methyl sites for hydroxylation is 1. The van der Waals surface area contributed by atoms with E-state index in [0.29, 0.717) is 17.1 Å². The van der Waals surface area contributed by atoms with Gasteiger partial charge in [0.2, 0.25) is 0 Å². The highest BCUT2D eigenvalue weighted by Gasteiger charge is 2.46. The molecule has 1 aliphatic heterocycles. The van der Waals surface area contributed by atoms with Gasteiger partial charge in [0, 0.05) is 22.7 Å². The third-order valence-electron chi connectivity index (χ3n) is 7.70. The van der Waals surface area contributed by atoms with Gasteiger partial charge in [0.25, 0.3) is 0 Å². The van der Waals surface area contributed by atoms with Gasteiger partial charge < -0.3 is 30.4 Å². The first-order valence-electron chi connectivity index (χ1n) is 14.3. The van der Waals surface area contributed by atoms with Gasteiger partial charge in [-0.1, -0.05) is 54.6 Å². The highest BCUT2D eigenvalue weighted by Crippen LogP contribution is 2.43. The van der Waals surface area contributed by atoms with Crippen LogP contribution in [0.2, 0.25) is 0 Å². The number of methoxy groups -OCH3 is 2. The molecule has 5 rings (SSSR count). The lowest BCUT2D eigenvalue weighted by atomic mass is 9.80. The summed E-state index contributed by atoms with van der Waals surface area (Å²) in [4.78, 5) is 30.6. The average molecular weight is 649 g/mol. The molecule has 1 saturated heterocycles. The molecule has 46 heavy (non-hydrogen) atoms. The van der Waals surface area contributed by atoms with Gasteiger partial charge >= 0.3 is 13.9 Å². The first-order valence-corrected chi connectivity index (χ1v) is 15.4. The molecule has 1 aromatic heterocycles. The molecule has 4 aromatic rings. The van der Waals surface area contributed by atoms with Crippen LogP contribution in [-0.2, 0) is 24.2 Å². The quantitative estimate of drug-likeness (QED) is 0.0879.